The summed E-state index contributed by atoms with van der Waals surface area (Å²) >= 11 is 0. The number of hydrogen-bond acceptors (Lipinski definition) is 3. The van der Waals surface area contributed by atoms with E-state index < -0.39 is 10.0 Å². The standard InChI is InChI=1S/C14H16N2O2S/c1-2-19(17,18)16-11-10-15-14-9-5-7-12-6-3-4-8-13(12)14/h2-9,15-16H,1,10-11H2. The summed E-state index contributed by atoms with van der Waals surface area (Å²) in [5, 5.41) is 6.40. The van der Waals surface area contributed by atoms with Crippen LogP contribution in [-0.2, 0) is 10.0 Å². The van der Waals surface area contributed by atoms with E-state index in [1.807, 2.05) is 42.5 Å². The Hall–Kier alpha value is -1.85. The number of hydrogen-bond donors (Lipinski definition) is 2. The van der Waals surface area contributed by atoms with Crippen LogP contribution in [0.2, 0.25) is 0 Å². The van der Waals surface area contributed by atoms with E-state index >= 15 is 0 Å². The van der Waals surface area contributed by atoms with E-state index in [2.05, 4.69) is 16.6 Å². The van der Waals surface area contributed by atoms with Crippen molar-refractivity contribution in [2.45, 2.75) is 0 Å². The first kappa shape index (κ1) is 13.6. The molecule has 0 saturated heterocycles. The van der Waals surface area contributed by atoms with Crippen LogP contribution in [0.4, 0.5) is 5.69 Å². The molecule has 0 aliphatic carbocycles. The summed E-state index contributed by atoms with van der Waals surface area (Å²) in [7, 11) is -3.34. The van der Waals surface area contributed by atoms with Crippen LogP contribution in [0.15, 0.2) is 54.5 Å². The Morgan fingerprint density at radius 2 is 1.79 bits per heavy atom. The number of nitrogens with one attached hydrogen (secondary N) is 2. The zero-order valence-corrected chi connectivity index (χ0v) is 11.3. The summed E-state index contributed by atoms with van der Waals surface area (Å²) in [4.78, 5) is 0. The second-order valence-electron chi connectivity index (χ2n) is 4.06. The highest BCUT2D eigenvalue weighted by molar-refractivity contribution is 7.92. The summed E-state index contributed by atoms with van der Waals surface area (Å²) < 4.78 is 24.8. The van der Waals surface area contributed by atoms with Crippen molar-refractivity contribution in [3.8, 4) is 0 Å². The van der Waals surface area contributed by atoms with E-state index in [0.29, 0.717) is 13.1 Å². The molecular formula is C14H16N2O2S. The quantitative estimate of drug-likeness (QED) is 0.796. The fourth-order valence-corrected chi connectivity index (χ4v) is 2.33. The van der Waals surface area contributed by atoms with Gasteiger partial charge in [0.1, 0.15) is 0 Å². The van der Waals surface area contributed by atoms with Crippen LogP contribution in [0, 0.1) is 0 Å². The van der Waals surface area contributed by atoms with Gasteiger partial charge >= 0.3 is 0 Å². The zero-order chi connectivity index (χ0) is 13.7. The maximum absolute atomic E-state index is 11.2. The van der Waals surface area contributed by atoms with Gasteiger partial charge in [0.2, 0.25) is 10.0 Å². The van der Waals surface area contributed by atoms with Gasteiger partial charge in [0.15, 0.2) is 0 Å². The summed E-state index contributed by atoms with van der Waals surface area (Å²) in [6.45, 7) is 4.07. The molecule has 0 heterocycles. The highest BCUT2D eigenvalue weighted by atomic mass is 32.2. The summed E-state index contributed by atoms with van der Waals surface area (Å²) in [6, 6.07) is 14.0. The molecule has 0 bridgehead atoms. The maximum Gasteiger partial charge on any atom is 0.233 e. The Morgan fingerprint density at radius 1 is 1.05 bits per heavy atom. The molecule has 2 aromatic rings. The van der Waals surface area contributed by atoms with Gasteiger partial charge in [0.25, 0.3) is 0 Å². The molecule has 0 saturated carbocycles. The Kier molecular flexibility index (Phi) is 4.19. The van der Waals surface area contributed by atoms with Gasteiger partial charge in [-0.1, -0.05) is 43.0 Å². The lowest BCUT2D eigenvalue weighted by Crippen LogP contribution is -2.27. The molecule has 19 heavy (non-hydrogen) atoms. The van der Waals surface area contributed by atoms with E-state index in [4.69, 9.17) is 0 Å². The molecule has 0 aliphatic heterocycles. The van der Waals surface area contributed by atoms with E-state index in [9.17, 15) is 8.42 Å². The molecule has 0 atom stereocenters. The maximum atomic E-state index is 11.2. The van der Waals surface area contributed by atoms with Gasteiger partial charge in [-0.3, -0.25) is 0 Å². The van der Waals surface area contributed by atoms with E-state index in [0.717, 1.165) is 21.9 Å². The third-order valence-electron chi connectivity index (χ3n) is 2.75. The molecule has 0 spiro atoms. The number of anilines is 1. The van der Waals surface area contributed by atoms with Crippen molar-refractivity contribution < 1.29 is 8.42 Å². The van der Waals surface area contributed by atoms with E-state index in [-0.39, 0.29) is 0 Å². The smallest absolute Gasteiger partial charge is 0.233 e. The summed E-state index contributed by atoms with van der Waals surface area (Å²) in [5.74, 6) is 0. The van der Waals surface area contributed by atoms with E-state index in [1.165, 1.54) is 0 Å². The highest BCUT2D eigenvalue weighted by Gasteiger charge is 2.02. The molecular weight excluding hydrogens is 260 g/mol. The Bertz CT molecular complexity index is 675. The number of fused-ring (bicyclic) bond motifs is 1. The van der Waals surface area contributed by atoms with Crippen LogP contribution in [0.3, 0.4) is 0 Å². The molecule has 0 aromatic heterocycles. The molecule has 5 heteroatoms. The van der Waals surface area contributed by atoms with Gasteiger partial charge in [0.05, 0.1) is 0 Å². The van der Waals surface area contributed by atoms with Gasteiger partial charge < -0.3 is 5.32 Å². The first-order chi connectivity index (χ1) is 9.12. The van der Waals surface area contributed by atoms with Gasteiger partial charge in [-0.05, 0) is 11.5 Å². The molecule has 2 aromatic carbocycles. The van der Waals surface area contributed by atoms with Gasteiger partial charge in [0, 0.05) is 29.6 Å². The topological polar surface area (TPSA) is 58.2 Å². The van der Waals surface area contributed by atoms with Crippen molar-refractivity contribution in [2.75, 3.05) is 18.4 Å². The SMILES string of the molecule is C=CS(=O)(=O)NCCNc1cccc2ccccc12. The van der Waals surface area contributed by atoms with Crippen LogP contribution in [0.5, 0.6) is 0 Å². The van der Waals surface area contributed by atoms with Gasteiger partial charge in [-0.15, -0.1) is 0 Å². The molecule has 2 rings (SSSR count). The molecule has 4 nitrogen and oxygen atoms in total. The second kappa shape index (κ2) is 5.86. The predicted octanol–water partition coefficient (Wildman–Crippen LogP) is 2.31. The summed E-state index contributed by atoms with van der Waals surface area (Å²) in [5.41, 5.74) is 0.996. The molecule has 100 valence electrons. The lowest BCUT2D eigenvalue weighted by atomic mass is 10.1. The van der Waals surface area contributed by atoms with Crippen LogP contribution in [0.25, 0.3) is 10.8 Å². The molecule has 0 amide bonds. The number of benzene rings is 2. The fraction of sp³-hybridized carbons (Fsp3) is 0.143. The van der Waals surface area contributed by atoms with Crippen LogP contribution >= 0.6 is 0 Å². The predicted molar refractivity (Wildman–Crippen MR) is 79.6 cm³/mol. The number of rotatable bonds is 6. The lowest BCUT2D eigenvalue weighted by molar-refractivity contribution is 0.592. The van der Waals surface area contributed by atoms with E-state index in [1.54, 1.807) is 0 Å². The monoisotopic (exact) mass is 276 g/mol. The van der Waals surface area contributed by atoms with Crippen LogP contribution < -0.4 is 10.0 Å². The minimum Gasteiger partial charge on any atom is -0.383 e. The van der Waals surface area contributed by atoms with Crippen molar-refractivity contribution >= 4 is 26.5 Å². The third-order valence-corrected chi connectivity index (χ3v) is 3.80. The zero-order valence-electron chi connectivity index (χ0n) is 10.5. The first-order valence-electron chi connectivity index (χ1n) is 5.96. The normalized spacial score (nSPS) is 11.4. The Labute approximate surface area is 113 Å². The minimum atomic E-state index is -3.34. The molecule has 0 unspecified atom stereocenters. The fourth-order valence-electron chi connectivity index (χ4n) is 1.83. The van der Waals surface area contributed by atoms with Crippen molar-refractivity contribution in [2.24, 2.45) is 0 Å². The molecule has 2 N–H and O–H groups in total. The molecule has 0 fully saturated rings. The van der Waals surface area contributed by atoms with Gasteiger partial charge in [-0.2, -0.15) is 0 Å². The average Bonchev–Trinajstić information content (AvgIpc) is 2.44. The second-order valence-corrected chi connectivity index (χ2v) is 5.77. The summed E-state index contributed by atoms with van der Waals surface area (Å²) in [6.07, 6.45) is 0. The minimum absolute atomic E-state index is 0.317. The Balaban J connectivity index is 2.01. The van der Waals surface area contributed by atoms with Crippen LogP contribution in [0.1, 0.15) is 0 Å². The molecule has 0 aliphatic rings. The largest absolute Gasteiger partial charge is 0.383 e. The molecule has 0 radical (unpaired) electrons. The van der Waals surface area contributed by atoms with Crippen molar-refractivity contribution in [1.82, 2.24) is 4.72 Å². The van der Waals surface area contributed by atoms with Gasteiger partial charge in [-0.25, -0.2) is 13.1 Å². The van der Waals surface area contributed by atoms with Crippen molar-refractivity contribution in [1.29, 1.82) is 0 Å². The van der Waals surface area contributed by atoms with Crippen LogP contribution in [-0.4, -0.2) is 21.5 Å². The number of sulfonamides is 1. The average molecular weight is 276 g/mol. The first-order valence-corrected chi connectivity index (χ1v) is 7.51. The Morgan fingerprint density at radius 3 is 2.58 bits per heavy atom. The van der Waals surface area contributed by atoms with Crippen molar-refractivity contribution in [3.63, 3.8) is 0 Å². The highest BCUT2D eigenvalue weighted by Crippen LogP contribution is 2.22. The third kappa shape index (κ3) is 3.56. The van der Waals surface area contributed by atoms with Crippen molar-refractivity contribution in [3.05, 3.63) is 54.5 Å². The lowest BCUT2D eigenvalue weighted by Gasteiger charge is -2.09.